The number of nitrogens with zero attached hydrogens (tertiary/aromatic N) is 2. The molecule has 0 saturated heterocycles. The molecule has 0 fully saturated rings. The number of carbonyl (C=O) groups is 1. The number of benzene rings is 1. The van der Waals surface area contributed by atoms with Crippen molar-refractivity contribution in [3.63, 3.8) is 0 Å². The van der Waals surface area contributed by atoms with Gasteiger partial charge in [0.05, 0.1) is 12.2 Å². The number of aromatic nitrogens is 1. The van der Waals surface area contributed by atoms with Gasteiger partial charge in [-0.05, 0) is 37.1 Å². The molecule has 0 aliphatic carbocycles. The van der Waals surface area contributed by atoms with Gasteiger partial charge in [-0.15, -0.1) is 11.3 Å². The first-order chi connectivity index (χ1) is 14.6. The van der Waals surface area contributed by atoms with Crippen LogP contribution in [-0.4, -0.2) is 24.5 Å². The highest BCUT2D eigenvalue weighted by atomic mass is 32.1. The second kappa shape index (κ2) is 8.57. The smallest absolute Gasteiger partial charge is 0.251 e. The molecule has 3 heterocycles. The molecule has 1 aromatic carbocycles. The van der Waals surface area contributed by atoms with Gasteiger partial charge in [0.1, 0.15) is 23.4 Å². The molecule has 0 spiro atoms. The molecule has 0 atom stereocenters. The van der Waals surface area contributed by atoms with Crippen LogP contribution in [0, 0.1) is 18.3 Å². The molecule has 9 heteroatoms. The van der Waals surface area contributed by atoms with E-state index in [1.807, 2.05) is 32.0 Å². The topological polar surface area (TPSA) is 107 Å². The monoisotopic (exact) mass is 425 g/mol. The fourth-order valence-corrected chi connectivity index (χ4v) is 4.30. The number of carbonyl (C=O) groups excluding carboxylic acids is 1. The van der Waals surface area contributed by atoms with Crippen molar-refractivity contribution in [2.75, 3.05) is 18.7 Å². The summed E-state index contributed by atoms with van der Waals surface area (Å²) in [6.45, 7) is 4.10. The Balaban J connectivity index is 1.32. The lowest BCUT2D eigenvalue weighted by Crippen LogP contribution is -2.18. The van der Waals surface area contributed by atoms with Crippen molar-refractivity contribution in [1.29, 1.82) is 5.26 Å². The molecule has 0 unspecified atom stereocenters. The number of amides is 1. The second-order valence-corrected chi connectivity index (χ2v) is 7.82. The van der Waals surface area contributed by atoms with Gasteiger partial charge in [0.2, 0.25) is 6.79 Å². The highest BCUT2D eigenvalue weighted by Crippen LogP contribution is 2.36. The maximum Gasteiger partial charge on any atom is 0.251 e. The highest BCUT2D eigenvalue weighted by Gasteiger charge is 2.18. The van der Waals surface area contributed by atoms with Crippen molar-refractivity contribution in [2.45, 2.75) is 26.9 Å². The molecule has 4 rings (SSSR count). The van der Waals surface area contributed by atoms with Crippen molar-refractivity contribution >= 4 is 22.2 Å². The molecule has 0 bridgehead atoms. The first-order valence-electron chi connectivity index (χ1n) is 9.34. The van der Waals surface area contributed by atoms with Crippen LogP contribution in [0.1, 0.15) is 28.6 Å². The predicted molar refractivity (Wildman–Crippen MR) is 109 cm³/mol. The third-order valence-electron chi connectivity index (χ3n) is 4.63. The summed E-state index contributed by atoms with van der Waals surface area (Å²) in [5.41, 5.74) is 2.86. The number of anilines is 1. The van der Waals surface area contributed by atoms with Crippen molar-refractivity contribution in [3.8, 4) is 28.9 Å². The number of thiophene rings is 1. The van der Waals surface area contributed by atoms with Crippen LogP contribution in [0.3, 0.4) is 0 Å². The molecule has 2 aromatic heterocycles. The Bertz CT molecular complexity index is 1130. The number of ether oxygens (including phenoxy) is 3. The Morgan fingerprint density at radius 2 is 2.17 bits per heavy atom. The molecule has 30 heavy (non-hydrogen) atoms. The van der Waals surface area contributed by atoms with Crippen LogP contribution in [0.2, 0.25) is 0 Å². The van der Waals surface area contributed by atoms with Crippen LogP contribution in [0.15, 0.2) is 28.8 Å². The normalized spacial score (nSPS) is 12.0. The van der Waals surface area contributed by atoms with Gasteiger partial charge in [-0.25, -0.2) is 0 Å². The van der Waals surface area contributed by atoms with E-state index < -0.39 is 0 Å². The Morgan fingerprint density at radius 1 is 1.33 bits per heavy atom. The predicted octanol–water partition coefficient (Wildman–Crippen LogP) is 4.03. The van der Waals surface area contributed by atoms with Gasteiger partial charge in [0.25, 0.3) is 5.91 Å². The molecule has 1 aliphatic heterocycles. The summed E-state index contributed by atoms with van der Waals surface area (Å²) < 4.78 is 21.5. The lowest BCUT2D eigenvalue weighted by molar-refractivity contribution is -0.121. The lowest BCUT2D eigenvalue weighted by atomic mass is 10.1. The van der Waals surface area contributed by atoms with E-state index in [1.165, 1.54) is 11.3 Å². The summed E-state index contributed by atoms with van der Waals surface area (Å²) in [7, 11) is 0. The second-order valence-electron chi connectivity index (χ2n) is 6.60. The highest BCUT2D eigenvalue weighted by molar-refractivity contribution is 7.16. The minimum atomic E-state index is -0.324. The van der Waals surface area contributed by atoms with E-state index in [9.17, 15) is 10.1 Å². The van der Waals surface area contributed by atoms with Gasteiger partial charge in [-0.1, -0.05) is 12.1 Å². The number of hydrogen-bond acceptors (Lipinski definition) is 8. The summed E-state index contributed by atoms with van der Waals surface area (Å²) in [6, 6.07) is 9.41. The zero-order valence-electron chi connectivity index (χ0n) is 16.5. The number of aryl methyl sites for hydroxylation is 1. The fraction of sp³-hybridized carbons (Fsp3) is 0.286. The molecule has 8 nitrogen and oxygen atoms in total. The van der Waals surface area contributed by atoms with Gasteiger partial charge in [0, 0.05) is 16.5 Å². The molecule has 0 saturated carbocycles. The van der Waals surface area contributed by atoms with Crippen molar-refractivity contribution in [1.82, 2.24) is 5.16 Å². The number of fused-ring (bicyclic) bond motifs is 1. The van der Waals surface area contributed by atoms with E-state index in [0.29, 0.717) is 33.5 Å². The van der Waals surface area contributed by atoms with E-state index in [-0.39, 0.29) is 25.9 Å². The summed E-state index contributed by atoms with van der Waals surface area (Å²) in [5.74, 6) is 1.59. The minimum Gasteiger partial charge on any atom is -0.454 e. The standard InChI is InChI=1S/C21H19N3O5S/c1-3-15-12(2)30-21(16(15)8-22)23-20(25)10-26-9-14-7-18(29-24-14)13-4-5-17-19(6-13)28-11-27-17/h4-7H,3,9-11H2,1-2H3,(H,23,25). The first kappa shape index (κ1) is 19.9. The van der Waals surface area contributed by atoms with Crippen LogP contribution in [-0.2, 0) is 22.6 Å². The van der Waals surface area contributed by atoms with Crippen molar-refractivity contribution < 1.29 is 23.5 Å². The van der Waals surface area contributed by atoms with Crippen molar-refractivity contribution in [3.05, 3.63) is 46.0 Å². The molecule has 1 aliphatic rings. The summed E-state index contributed by atoms with van der Waals surface area (Å²) in [4.78, 5) is 13.2. The zero-order chi connectivity index (χ0) is 21.1. The molecule has 3 aromatic rings. The summed E-state index contributed by atoms with van der Waals surface area (Å²) >= 11 is 1.40. The maximum absolute atomic E-state index is 12.2. The zero-order valence-corrected chi connectivity index (χ0v) is 17.3. The molecule has 1 N–H and O–H groups in total. The van der Waals surface area contributed by atoms with E-state index >= 15 is 0 Å². The van der Waals surface area contributed by atoms with E-state index in [0.717, 1.165) is 22.4 Å². The van der Waals surface area contributed by atoms with Crippen LogP contribution in [0.5, 0.6) is 11.5 Å². The van der Waals surface area contributed by atoms with Crippen LogP contribution in [0.4, 0.5) is 5.00 Å². The van der Waals surface area contributed by atoms with Gasteiger partial charge in [-0.2, -0.15) is 5.26 Å². The van der Waals surface area contributed by atoms with E-state index in [2.05, 4.69) is 16.5 Å². The lowest BCUT2D eigenvalue weighted by Gasteiger charge is -2.04. The van der Waals surface area contributed by atoms with Crippen molar-refractivity contribution in [2.24, 2.45) is 0 Å². The van der Waals surface area contributed by atoms with E-state index in [1.54, 1.807) is 6.07 Å². The van der Waals surface area contributed by atoms with Gasteiger partial charge in [-0.3, -0.25) is 4.79 Å². The Hall–Kier alpha value is -3.35. The average molecular weight is 425 g/mol. The molecular weight excluding hydrogens is 406 g/mol. The van der Waals surface area contributed by atoms with Gasteiger partial charge < -0.3 is 24.1 Å². The molecule has 1 amide bonds. The van der Waals surface area contributed by atoms with Crippen LogP contribution < -0.4 is 14.8 Å². The first-order valence-corrected chi connectivity index (χ1v) is 10.2. The Kier molecular flexibility index (Phi) is 5.70. The third kappa shape index (κ3) is 4.01. The maximum atomic E-state index is 12.2. The Labute approximate surface area is 177 Å². The minimum absolute atomic E-state index is 0.121. The average Bonchev–Trinajstić information content (AvgIpc) is 3.45. The largest absolute Gasteiger partial charge is 0.454 e. The number of nitrogens with one attached hydrogen (secondary N) is 1. The third-order valence-corrected chi connectivity index (χ3v) is 5.69. The Morgan fingerprint density at radius 3 is 2.97 bits per heavy atom. The quantitative estimate of drug-likeness (QED) is 0.609. The number of hydrogen-bond donors (Lipinski definition) is 1. The molecular formula is C21H19N3O5S. The van der Waals surface area contributed by atoms with Crippen LogP contribution >= 0.6 is 11.3 Å². The number of rotatable bonds is 7. The SMILES string of the molecule is CCc1c(C)sc(NC(=O)COCc2cc(-c3ccc4c(c3)OCO4)on2)c1C#N. The molecule has 154 valence electrons. The number of nitriles is 1. The van der Waals surface area contributed by atoms with E-state index in [4.69, 9.17) is 18.7 Å². The van der Waals surface area contributed by atoms with Gasteiger partial charge in [0.15, 0.2) is 17.3 Å². The summed E-state index contributed by atoms with van der Waals surface area (Å²) in [5, 5.41) is 16.7. The van der Waals surface area contributed by atoms with Gasteiger partial charge >= 0.3 is 0 Å². The summed E-state index contributed by atoms with van der Waals surface area (Å²) in [6.07, 6.45) is 0.745. The van der Waals surface area contributed by atoms with Crippen LogP contribution in [0.25, 0.3) is 11.3 Å². The molecule has 0 radical (unpaired) electrons. The fourth-order valence-electron chi connectivity index (χ4n) is 3.19.